The van der Waals surface area contributed by atoms with Gasteiger partial charge >= 0.3 is 5.97 Å². The van der Waals surface area contributed by atoms with Crippen molar-refractivity contribution in [3.8, 4) is 0 Å². The van der Waals surface area contributed by atoms with Crippen molar-refractivity contribution in [1.82, 2.24) is 4.90 Å². The van der Waals surface area contributed by atoms with Crippen LogP contribution in [0.25, 0.3) is 0 Å². The van der Waals surface area contributed by atoms with E-state index in [1.54, 1.807) is 0 Å². The molecular formula is C27H35NO6. The molecule has 1 amide bonds. The van der Waals surface area contributed by atoms with Gasteiger partial charge in [-0.2, -0.15) is 0 Å². The molecule has 1 saturated carbocycles. The lowest BCUT2D eigenvalue weighted by Gasteiger charge is -2.36. The molecule has 0 spiro atoms. The SMILES string of the molecule is CC(C)(C)OC(CC1(C(=O)OCc2ccccc2)CCCC1)C(=C=O)C(=O)N1CCC(=O)CC1. The summed E-state index contributed by atoms with van der Waals surface area (Å²) in [5.74, 6) is 1.15. The first-order valence-corrected chi connectivity index (χ1v) is 12.1. The third-order valence-corrected chi connectivity index (χ3v) is 6.55. The van der Waals surface area contributed by atoms with Gasteiger partial charge in [0.15, 0.2) is 0 Å². The van der Waals surface area contributed by atoms with Crippen molar-refractivity contribution < 1.29 is 28.7 Å². The van der Waals surface area contributed by atoms with Gasteiger partial charge in [-0.25, -0.2) is 4.79 Å². The average molecular weight is 470 g/mol. The number of esters is 1. The number of likely N-dealkylation sites (tertiary alicyclic amines) is 1. The van der Waals surface area contributed by atoms with E-state index in [0.717, 1.165) is 18.4 Å². The number of carbonyl (C=O) groups is 3. The molecule has 34 heavy (non-hydrogen) atoms. The van der Waals surface area contributed by atoms with E-state index in [1.807, 2.05) is 57.0 Å². The van der Waals surface area contributed by atoms with Crippen LogP contribution in [-0.2, 0) is 35.3 Å². The predicted octanol–water partition coefficient (Wildman–Crippen LogP) is 3.81. The number of rotatable bonds is 8. The van der Waals surface area contributed by atoms with E-state index in [2.05, 4.69) is 0 Å². The number of amides is 1. The number of piperidine rings is 1. The van der Waals surface area contributed by atoms with E-state index in [4.69, 9.17) is 9.47 Å². The number of Topliss-reactive ketones (excluding diaryl/α,β-unsaturated/α-hetero) is 1. The number of benzene rings is 1. The van der Waals surface area contributed by atoms with Crippen molar-refractivity contribution in [3.63, 3.8) is 0 Å². The molecule has 184 valence electrons. The van der Waals surface area contributed by atoms with Gasteiger partial charge in [-0.3, -0.25) is 14.4 Å². The number of ether oxygens (including phenoxy) is 2. The summed E-state index contributed by atoms with van der Waals surface area (Å²) in [6, 6.07) is 9.48. The minimum absolute atomic E-state index is 0.106. The Morgan fingerprint density at radius 1 is 1.09 bits per heavy atom. The molecule has 1 aromatic rings. The molecule has 0 N–H and O–H groups in total. The van der Waals surface area contributed by atoms with Gasteiger partial charge in [-0.05, 0) is 45.6 Å². The van der Waals surface area contributed by atoms with E-state index in [9.17, 15) is 19.2 Å². The van der Waals surface area contributed by atoms with Crippen LogP contribution in [-0.4, -0.2) is 53.3 Å². The fraction of sp³-hybridized carbons (Fsp3) is 0.593. The summed E-state index contributed by atoms with van der Waals surface area (Å²) < 4.78 is 11.9. The molecule has 7 heteroatoms. The van der Waals surface area contributed by atoms with E-state index in [1.165, 1.54) is 4.90 Å². The highest BCUT2D eigenvalue weighted by molar-refractivity contribution is 6.02. The van der Waals surface area contributed by atoms with E-state index in [0.29, 0.717) is 12.8 Å². The van der Waals surface area contributed by atoms with Gasteiger partial charge in [0.2, 0.25) is 0 Å². The first kappa shape index (κ1) is 25.9. The standard InChI is InChI=1S/C27H35NO6/c1-26(2,3)34-23(22(18-29)24(31)28-15-11-21(30)12-16-28)17-27(13-7-8-14-27)25(32)33-19-20-9-5-4-6-10-20/h4-6,9-10,23H,7-8,11-17,19H2,1-3H3. The zero-order valence-corrected chi connectivity index (χ0v) is 20.4. The highest BCUT2D eigenvalue weighted by Gasteiger charge is 2.47. The topological polar surface area (TPSA) is 90.0 Å². The summed E-state index contributed by atoms with van der Waals surface area (Å²) in [6.07, 6.45) is 2.80. The molecule has 0 radical (unpaired) electrons. The molecule has 2 aliphatic rings. The molecule has 0 bridgehead atoms. The van der Waals surface area contributed by atoms with Crippen molar-refractivity contribution in [2.45, 2.75) is 84.0 Å². The van der Waals surface area contributed by atoms with E-state index >= 15 is 0 Å². The predicted molar refractivity (Wildman–Crippen MR) is 126 cm³/mol. The molecule has 2 fully saturated rings. The number of hydrogen-bond acceptors (Lipinski definition) is 6. The molecule has 1 aliphatic carbocycles. The van der Waals surface area contributed by atoms with Crippen LogP contribution in [0.2, 0.25) is 0 Å². The Morgan fingerprint density at radius 3 is 2.26 bits per heavy atom. The van der Waals surface area contributed by atoms with Crippen LogP contribution in [0.4, 0.5) is 0 Å². The van der Waals surface area contributed by atoms with Crippen LogP contribution in [0.3, 0.4) is 0 Å². The van der Waals surface area contributed by atoms with Crippen LogP contribution >= 0.6 is 0 Å². The molecular weight excluding hydrogens is 434 g/mol. The molecule has 1 heterocycles. The number of ketones is 1. The summed E-state index contributed by atoms with van der Waals surface area (Å²) in [5.41, 5.74) is -0.704. The maximum atomic E-state index is 13.3. The second kappa shape index (κ2) is 11.1. The summed E-state index contributed by atoms with van der Waals surface area (Å²) >= 11 is 0. The average Bonchev–Trinajstić information content (AvgIpc) is 3.27. The molecule has 3 rings (SSSR count). The Labute approximate surface area is 201 Å². The molecule has 1 aliphatic heterocycles. The second-order valence-corrected chi connectivity index (χ2v) is 10.3. The number of nitrogens with zero attached hydrogens (tertiary/aromatic N) is 1. The minimum Gasteiger partial charge on any atom is -0.460 e. The quantitative estimate of drug-likeness (QED) is 0.327. The Balaban J connectivity index is 1.81. The Kier molecular flexibility index (Phi) is 8.45. The zero-order chi connectivity index (χ0) is 24.8. The highest BCUT2D eigenvalue weighted by Crippen LogP contribution is 2.45. The first-order chi connectivity index (χ1) is 16.1. The Hall–Kier alpha value is -2.76. The van der Waals surface area contributed by atoms with Crippen LogP contribution in [0.1, 0.15) is 71.3 Å². The lowest BCUT2D eigenvalue weighted by molar-refractivity contribution is -0.161. The molecule has 1 atom stereocenters. The summed E-state index contributed by atoms with van der Waals surface area (Å²) in [7, 11) is 0. The molecule has 1 unspecified atom stereocenters. The first-order valence-electron chi connectivity index (χ1n) is 12.1. The van der Waals surface area contributed by atoms with E-state index in [-0.39, 0.29) is 56.3 Å². The van der Waals surface area contributed by atoms with Crippen molar-refractivity contribution in [2.75, 3.05) is 13.1 Å². The van der Waals surface area contributed by atoms with Crippen LogP contribution in [0.15, 0.2) is 35.9 Å². The molecule has 0 aromatic heterocycles. The second-order valence-electron chi connectivity index (χ2n) is 10.3. The van der Waals surface area contributed by atoms with Crippen molar-refractivity contribution in [1.29, 1.82) is 0 Å². The lowest BCUT2D eigenvalue weighted by Crippen LogP contribution is -2.45. The molecule has 1 saturated heterocycles. The number of carbonyl (C=O) groups excluding carboxylic acids is 4. The molecule has 7 nitrogen and oxygen atoms in total. The van der Waals surface area contributed by atoms with Gasteiger partial charge in [-0.1, -0.05) is 43.2 Å². The van der Waals surface area contributed by atoms with E-state index < -0.39 is 23.0 Å². The highest BCUT2D eigenvalue weighted by atomic mass is 16.5. The van der Waals surface area contributed by atoms with Gasteiger partial charge in [0.05, 0.1) is 11.0 Å². The fourth-order valence-corrected chi connectivity index (χ4v) is 4.78. The smallest absolute Gasteiger partial charge is 0.312 e. The van der Waals surface area contributed by atoms with Gasteiger partial charge in [-0.15, -0.1) is 0 Å². The van der Waals surface area contributed by atoms with Gasteiger partial charge < -0.3 is 14.4 Å². The van der Waals surface area contributed by atoms with Gasteiger partial charge in [0, 0.05) is 25.9 Å². The normalized spacial score (nSPS) is 18.8. The third-order valence-electron chi connectivity index (χ3n) is 6.55. The van der Waals surface area contributed by atoms with Crippen LogP contribution in [0, 0.1) is 5.41 Å². The van der Waals surface area contributed by atoms with Crippen LogP contribution in [0.5, 0.6) is 0 Å². The maximum absolute atomic E-state index is 13.3. The van der Waals surface area contributed by atoms with Crippen molar-refractivity contribution in [3.05, 3.63) is 41.5 Å². The largest absolute Gasteiger partial charge is 0.460 e. The third kappa shape index (κ3) is 6.64. The fourth-order valence-electron chi connectivity index (χ4n) is 4.78. The van der Waals surface area contributed by atoms with Crippen molar-refractivity contribution >= 4 is 23.6 Å². The zero-order valence-electron chi connectivity index (χ0n) is 20.4. The summed E-state index contributed by atoms with van der Waals surface area (Å²) in [5, 5.41) is 0. The lowest BCUT2D eigenvalue weighted by atomic mass is 9.78. The minimum atomic E-state index is -0.898. The molecule has 1 aromatic carbocycles. The Bertz CT molecular complexity index is 926. The van der Waals surface area contributed by atoms with Gasteiger partial charge in [0.25, 0.3) is 5.91 Å². The van der Waals surface area contributed by atoms with Crippen LogP contribution < -0.4 is 0 Å². The summed E-state index contributed by atoms with van der Waals surface area (Å²) in [6.45, 7) is 6.26. The monoisotopic (exact) mass is 469 g/mol. The number of hydrogen-bond donors (Lipinski definition) is 0. The summed E-state index contributed by atoms with van der Waals surface area (Å²) in [4.78, 5) is 51.8. The Morgan fingerprint density at radius 2 is 1.71 bits per heavy atom. The maximum Gasteiger partial charge on any atom is 0.312 e. The van der Waals surface area contributed by atoms with Crippen molar-refractivity contribution in [2.24, 2.45) is 5.41 Å². The van der Waals surface area contributed by atoms with Gasteiger partial charge in [0.1, 0.15) is 30.0 Å².